The number of aromatic nitrogens is 2. The molecule has 9 heteroatoms. The number of aromatic hydroxyl groups is 1. The third-order valence-electron chi connectivity index (χ3n) is 3.53. The van der Waals surface area contributed by atoms with Gasteiger partial charge in [0.25, 0.3) is 5.22 Å². The van der Waals surface area contributed by atoms with Crippen molar-refractivity contribution in [2.24, 2.45) is 0 Å². The van der Waals surface area contributed by atoms with E-state index in [2.05, 4.69) is 15.5 Å². The summed E-state index contributed by atoms with van der Waals surface area (Å²) in [4.78, 5) is 12.2. The number of benzene rings is 2. The molecule has 27 heavy (non-hydrogen) atoms. The number of rotatable bonds is 7. The van der Waals surface area contributed by atoms with Crippen molar-refractivity contribution < 1.29 is 23.8 Å². The Morgan fingerprint density at radius 1 is 1.15 bits per heavy atom. The average molecular weight is 387 g/mol. The molecule has 1 aromatic heterocycles. The fraction of sp³-hybridized carbons (Fsp3) is 0.167. The standard InChI is InChI=1S/C18H17N3O5S/c1-24-13-7-8-15(25-2)14(9-13)19-16(23)10-27-18-21-20-17(26-18)11-3-5-12(22)6-4-11/h3-9,22H,10H2,1-2H3,(H,19,23). The number of phenols is 1. The summed E-state index contributed by atoms with van der Waals surface area (Å²) in [5.41, 5.74) is 1.19. The van der Waals surface area contributed by atoms with Crippen LogP contribution in [0.4, 0.5) is 5.69 Å². The van der Waals surface area contributed by atoms with Crippen LogP contribution in [0.3, 0.4) is 0 Å². The topological polar surface area (TPSA) is 107 Å². The van der Waals surface area contributed by atoms with Gasteiger partial charge in [0.1, 0.15) is 17.2 Å². The minimum atomic E-state index is -0.254. The minimum Gasteiger partial charge on any atom is -0.508 e. The Morgan fingerprint density at radius 3 is 2.63 bits per heavy atom. The molecule has 0 aliphatic heterocycles. The van der Waals surface area contributed by atoms with Crippen molar-refractivity contribution in [1.29, 1.82) is 0 Å². The number of anilines is 1. The number of nitrogens with one attached hydrogen (secondary N) is 1. The SMILES string of the molecule is COc1ccc(OC)c(NC(=O)CSc2nnc(-c3ccc(O)cc3)o2)c1. The first-order chi connectivity index (χ1) is 13.1. The lowest BCUT2D eigenvalue weighted by Gasteiger charge is -2.11. The van der Waals surface area contributed by atoms with Crippen LogP contribution in [-0.4, -0.2) is 41.2 Å². The molecular formula is C18H17N3O5S. The lowest BCUT2D eigenvalue weighted by molar-refractivity contribution is -0.113. The minimum absolute atomic E-state index is 0.0809. The van der Waals surface area contributed by atoms with Crippen molar-refractivity contribution in [3.05, 3.63) is 42.5 Å². The van der Waals surface area contributed by atoms with Crippen molar-refractivity contribution in [1.82, 2.24) is 10.2 Å². The van der Waals surface area contributed by atoms with Crippen LogP contribution >= 0.6 is 11.8 Å². The number of thioether (sulfide) groups is 1. The normalized spacial score (nSPS) is 10.4. The number of ether oxygens (including phenoxy) is 2. The molecule has 0 atom stereocenters. The van der Waals surface area contributed by atoms with Gasteiger partial charge in [-0.1, -0.05) is 11.8 Å². The van der Waals surface area contributed by atoms with Crippen molar-refractivity contribution in [3.63, 3.8) is 0 Å². The highest BCUT2D eigenvalue weighted by Crippen LogP contribution is 2.29. The van der Waals surface area contributed by atoms with E-state index in [1.807, 2.05) is 0 Å². The molecule has 0 aliphatic rings. The van der Waals surface area contributed by atoms with Crippen molar-refractivity contribution >= 4 is 23.4 Å². The Bertz CT molecular complexity index is 927. The Balaban J connectivity index is 1.61. The van der Waals surface area contributed by atoms with E-state index in [1.165, 1.54) is 19.2 Å². The van der Waals surface area contributed by atoms with Gasteiger partial charge in [-0.15, -0.1) is 10.2 Å². The van der Waals surface area contributed by atoms with Crippen LogP contribution in [0.25, 0.3) is 11.5 Å². The molecule has 1 heterocycles. The van der Waals surface area contributed by atoms with Gasteiger partial charge in [-0.3, -0.25) is 4.79 Å². The van der Waals surface area contributed by atoms with E-state index < -0.39 is 0 Å². The molecule has 0 bridgehead atoms. The van der Waals surface area contributed by atoms with Gasteiger partial charge >= 0.3 is 0 Å². The van der Waals surface area contributed by atoms with Gasteiger partial charge in [0.05, 0.1) is 25.7 Å². The summed E-state index contributed by atoms with van der Waals surface area (Å²) in [5, 5.41) is 20.2. The van der Waals surface area contributed by atoms with Crippen molar-refractivity contribution in [3.8, 4) is 28.7 Å². The van der Waals surface area contributed by atoms with Crippen LogP contribution < -0.4 is 14.8 Å². The smallest absolute Gasteiger partial charge is 0.277 e. The number of hydrogen-bond acceptors (Lipinski definition) is 8. The first-order valence-corrected chi connectivity index (χ1v) is 8.85. The molecule has 0 fully saturated rings. The van der Waals surface area contributed by atoms with E-state index in [9.17, 15) is 9.90 Å². The van der Waals surface area contributed by atoms with Crippen LogP contribution in [0.2, 0.25) is 0 Å². The predicted molar refractivity (Wildman–Crippen MR) is 100 cm³/mol. The molecule has 0 radical (unpaired) electrons. The Morgan fingerprint density at radius 2 is 1.93 bits per heavy atom. The second-order valence-corrected chi connectivity index (χ2v) is 6.25. The molecule has 0 saturated heterocycles. The third-order valence-corrected chi connectivity index (χ3v) is 4.35. The van der Waals surface area contributed by atoms with E-state index in [0.717, 1.165) is 11.8 Å². The molecule has 0 aliphatic carbocycles. The highest BCUT2D eigenvalue weighted by atomic mass is 32.2. The van der Waals surface area contributed by atoms with Gasteiger partial charge in [-0.05, 0) is 36.4 Å². The molecule has 3 rings (SSSR count). The van der Waals surface area contributed by atoms with Gasteiger partial charge in [0.15, 0.2) is 0 Å². The van der Waals surface area contributed by atoms with Crippen molar-refractivity contribution in [2.45, 2.75) is 5.22 Å². The van der Waals surface area contributed by atoms with Gasteiger partial charge in [0.2, 0.25) is 11.8 Å². The number of carbonyl (C=O) groups excluding carboxylic acids is 1. The molecule has 0 spiro atoms. The summed E-state index contributed by atoms with van der Waals surface area (Å²) < 4.78 is 15.9. The third kappa shape index (κ3) is 4.70. The van der Waals surface area contributed by atoms with E-state index in [0.29, 0.717) is 28.6 Å². The molecule has 8 nitrogen and oxygen atoms in total. The van der Waals surface area contributed by atoms with Crippen LogP contribution in [0, 0.1) is 0 Å². The molecule has 0 saturated carbocycles. The number of hydrogen-bond donors (Lipinski definition) is 2. The van der Waals surface area contributed by atoms with Gasteiger partial charge < -0.3 is 24.3 Å². The maximum Gasteiger partial charge on any atom is 0.277 e. The first-order valence-electron chi connectivity index (χ1n) is 7.86. The van der Waals surface area contributed by atoms with E-state index in [1.54, 1.807) is 37.4 Å². The number of nitrogens with zero attached hydrogens (tertiary/aromatic N) is 2. The average Bonchev–Trinajstić information content (AvgIpc) is 3.16. The highest BCUT2D eigenvalue weighted by molar-refractivity contribution is 7.99. The largest absolute Gasteiger partial charge is 0.508 e. The maximum atomic E-state index is 12.2. The quantitative estimate of drug-likeness (QED) is 0.595. The summed E-state index contributed by atoms with van der Waals surface area (Å²) in [6, 6.07) is 11.5. The molecular weight excluding hydrogens is 370 g/mol. The second-order valence-electron chi connectivity index (χ2n) is 5.32. The Labute approximate surface area is 159 Å². The molecule has 2 aromatic carbocycles. The molecule has 140 valence electrons. The molecule has 1 amide bonds. The second kappa shape index (κ2) is 8.45. The summed E-state index contributed by atoms with van der Waals surface area (Å²) in [7, 11) is 3.07. The van der Waals surface area contributed by atoms with Gasteiger partial charge in [-0.25, -0.2) is 0 Å². The Kier molecular flexibility index (Phi) is 5.82. The first kappa shape index (κ1) is 18.6. The highest BCUT2D eigenvalue weighted by Gasteiger charge is 2.13. The molecule has 0 unspecified atom stereocenters. The fourth-order valence-corrected chi connectivity index (χ4v) is 2.78. The van der Waals surface area contributed by atoms with Gasteiger partial charge in [-0.2, -0.15) is 0 Å². The van der Waals surface area contributed by atoms with E-state index in [4.69, 9.17) is 13.9 Å². The number of carbonyl (C=O) groups is 1. The molecule has 2 N–H and O–H groups in total. The zero-order valence-electron chi connectivity index (χ0n) is 14.6. The summed E-state index contributed by atoms with van der Waals surface area (Å²) in [5.74, 6) is 1.42. The summed E-state index contributed by atoms with van der Waals surface area (Å²) in [6.45, 7) is 0. The van der Waals surface area contributed by atoms with Crippen LogP contribution in [-0.2, 0) is 4.79 Å². The van der Waals surface area contributed by atoms with Gasteiger partial charge in [0, 0.05) is 11.6 Å². The van der Waals surface area contributed by atoms with Crippen molar-refractivity contribution in [2.75, 3.05) is 25.3 Å². The molecule has 3 aromatic rings. The number of phenolic OH excluding ortho intramolecular Hbond substituents is 1. The van der Waals surface area contributed by atoms with Crippen LogP contribution in [0.1, 0.15) is 0 Å². The lowest BCUT2D eigenvalue weighted by atomic mass is 10.2. The fourth-order valence-electron chi connectivity index (χ4n) is 2.21. The zero-order chi connectivity index (χ0) is 19.2. The summed E-state index contributed by atoms with van der Waals surface area (Å²) >= 11 is 1.12. The Hall–Kier alpha value is -3.20. The lowest BCUT2D eigenvalue weighted by Crippen LogP contribution is -2.14. The van der Waals surface area contributed by atoms with Crippen LogP contribution in [0.5, 0.6) is 17.2 Å². The maximum absolute atomic E-state index is 12.2. The van der Waals surface area contributed by atoms with E-state index >= 15 is 0 Å². The number of amides is 1. The monoisotopic (exact) mass is 387 g/mol. The van der Waals surface area contributed by atoms with Crippen LogP contribution in [0.15, 0.2) is 52.1 Å². The van der Waals surface area contributed by atoms with E-state index in [-0.39, 0.29) is 22.6 Å². The summed E-state index contributed by atoms with van der Waals surface area (Å²) in [6.07, 6.45) is 0. The zero-order valence-corrected chi connectivity index (χ0v) is 15.4. The number of methoxy groups -OCH3 is 2. The predicted octanol–water partition coefficient (Wildman–Crippen LogP) is 3.19.